The summed E-state index contributed by atoms with van der Waals surface area (Å²) < 4.78 is 2.55. The highest BCUT2D eigenvalue weighted by Crippen LogP contribution is 2.55. The molecule has 19 aromatic carbocycles. The number of rotatable bonds is 15. The average molecular weight is 1500 g/mol. The predicted molar refractivity (Wildman–Crippen MR) is 500 cm³/mol. The van der Waals surface area contributed by atoms with Crippen LogP contribution in [0.5, 0.6) is 0 Å². The first-order valence-corrected chi connectivity index (χ1v) is 40.8. The molecule has 22 rings (SSSR count). The minimum atomic E-state index is -0.376. The van der Waals surface area contributed by atoms with Crippen molar-refractivity contribution in [2.45, 2.75) is 0 Å². The maximum Gasteiger partial charge on any atom is 0.252 e. The highest BCUT2D eigenvalue weighted by atomic mass is 15.2. The fourth-order valence-corrected chi connectivity index (χ4v) is 18.8. The van der Waals surface area contributed by atoms with Crippen molar-refractivity contribution in [1.82, 2.24) is 4.57 Å². The molecule has 550 valence electrons. The van der Waals surface area contributed by atoms with Gasteiger partial charge >= 0.3 is 0 Å². The van der Waals surface area contributed by atoms with Crippen molar-refractivity contribution in [3.05, 3.63) is 461 Å². The van der Waals surface area contributed by atoms with Gasteiger partial charge in [-0.2, -0.15) is 0 Å². The first kappa shape index (κ1) is 69.4. The molecule has 0 atom stereocenters. The molecule has 4 heteroatoms. The molecule has 0 radical (unpaired) electrons. The number of fused-ring (bicyclic) bond motifs is 7. The quantitative estimate of drug-likeness (QED) is 0.0948. The molecule has 0 bridgehead atoms. The van der Waals surface area contributed by atoms with Crippen molar-refractivity contribution >= 4 is 79.0 Å². The Bertz CT molecular complexity index is 6610. The molecule has 3 nitrogen and oxygen atoms in total. The molecule has 0 spiro atoms. The van der Waals surface area contributed by atoms with Crippen LogP contribution in [0.4, 0.5) is 34.1 Å². The molecule has 118 heavy (non-hydrogen) atoms. The molecular weight excluding hydrogens is 1420 g/mol. The SMILES string of the molecule is c1ccc(-c2cccc(-c3cccc(-c4cccc(-c5ccccc5)c4)c3N3c4ccc(-c5ccccc5-c5ccccc5)cc4B4c5cc(-c6ccccc6-c6ccccc6)ccc5N(c5c(-c6cccc(-c7ccccc7)c6)cccc5-c5cccc(-c6ccccc6)c5)c5cc(-n6c7ccccc7c7ccccc76)cc3c54)c2)cc1. The summed E-state index contributed by atoms with van der Waals surface area (Å²) in [6.07, 6.45) is 0. The predicted octanol–water partition coefficient (Wildman–Crippen LogP) is 28.9. The third-order valence-corrected chi connectivity index (χ3v) is 24.2. The summed E-state index contributed by atoms with van der Waals surface area (Å²) in [6.45, 7) is -0.376. The van der Waals surface area contributed by atoms with E-state index in [0.717, 1.165) is 173 Å². The molecule has 0 N–H and O–H groups in total. The Balaban J connectivity index is 0.924. The highest BCUT2D eigenvalue weighted by molar-refractivity contribution is 7.00. The van der Waals surface area contributed by atoms with E-state index >= 15 is 0 Å². The lowest BCUT2D eigenvalue weighted by Gasteiger charge is -2.46. The largest absolute Gasteiger partial charge is 0.310 e. The van der Waals surface area contributed by atoms with Crippen LogP contribution >= 0.6 is 0 Å². The van der Waals surface area contributed by atoms with Crippen LogP contribution in [0.25, 0.3) is 161 Å². The van der Waals surface area contributed by atoms with Crippen LogP contribution in [0, 0.1) is 0 Å². The van der Waals surface area contributed by atoms with Crippen molar-refractivity contribution in [3.63, 3.8) is 0 Å². The minimum Gasteiger partial charge on any atom is -0.310 e. The van der Waals surface area contributed by atoms with E-state index in [-0.39, 0.29) is 6.71 Å². The summed E-state index contributed by atoms with van der Waals surface area (Å²) >= 11 is 0. The zero-order chi connectivity index (χ0) is 78.0. The second-order valence-electron chi connectivity index (χ2n) is 30.9. The van der Waals surface area contributed by atoms with Gasteiger partial charge in [0.1, 0.15) is 0 Å². The molecule has 0 unspecified atom stereocenters. The van der Waals surface area contributed by atoms with Crippen LogP contribution in [0.15, 0.2) is 461 Å². The van der Waals surface area contributed by atoms with E-state index in [4.69, 9.17) is 0 Å². The highest BCUT2D eigenvalue weighted by Gasteiger charge is 2.46. The van der Waals surface area contributed by atoms with Gasteiger partial charge in [0.2, 0.25) is 0 Å². The summed E-state index contributed by atoms with van der Waals surface area (Å²) in [6, 6.07) is 172. The maximum absolute atomic E-state index is 2.71. The Hall–Kier alpha value is -15.4. The first-order valence-electron chi connectivity index (χ1n) is 40.8. The Kier molecular flexibility index (Phi) is 17.4. The van der Waals surface area contributed by atoms with E-state index < -0.39 is 0 Å². The summed E-state index contributed by atoms with van der Waals surface area (Å²) in [7, 11) is 0. The third-order valence-electron chi connectivity index (χ3n) is 24.2. The lowest BCUT2D eigenvalue weighted by atomic mass is 9.33. The Labute approximate surface area is 689 Å². The summed E-state index contributed by atoms with van der Waals surface area (Å²) in [5.41, 5.74) is 40.5. The number of aromatic nitrogens is 1. The standard InChI is InChI=1S/C114H76BN3/c1-7-33-77(34-8-1)83-45-27-49-87(69-83)98-59-31-60-99(88-50-28-46-84(70-88)78-35-9-2-10-36-78)113(98)117-108-67-65-91(96-55-21-19-53-94(96)81-41-15-5-16-42-81)73-104(108)115-105-74-92(97-56-22-20-54-95(97)82-43-17-6-18-44-82)66-68-109(105)118(111-76-93(75-110(117)112(111)115)116-106-63-25-23-57-102(106)103-58-24-26-64-107(103)116)114-100(89-51-29-47-85(71-89)79-37-11-3-12-38-79)61-32-62-101(114)90-52-30-48-86(72-90)80-39-13-4-14-40-80/h1-76H. The molecule has 0 amide bonds. The van der Waals surface area contributed by atoms with E-state index in [1.54, 1.807) is 0 Å². The smallest absolute Gasteiger partial charge is 0.252 e. The van der Waals surface area contributed by atoms with Crippen molar-refractivity contribution in [2.75, 3.05) is 9.80 Å². The molecule has 20 aromatic rings. The second-order valence-corrected chi connectivity index (χ2v) is 30.9. The van der Waals surface area contributed by atoms with Crippen molar-refractivity contribution < 1.29 is 0 Å². The van der Waals surface area contributed by atoms with Crippen LogP contribution in [-0.4, -0.2) is 11.3 Å². The number of nitrogens with zero attached hydrogens (tertiary/aromatic N) is 3. The molecule has 2 aliphatic rings. The van der Waals surface area contributed by atoms with Crippen molar-refractivity contribution in [1.29, 1.82) is 0 Å². The lowest BCUT2D eigenvalue weighted by molar-refractivity contribution is 1.16. The average Bonchev–Trinajstić information content (AvgIpc) is 0.838. The van der Waals surface area contributed by atoms with Gasteiger partial charge in [0, 0.05) is 55.8 Å². The lowest BCUT2D eigenvalue weighted by Crippen LogP contribution is -2.61. The van der Waals surface area contributed by atoms with E-state index in [1.165, 1.54) is 38.3 Å². The normalized spacial score (nSPS) is 12.0. The van der Waals surface area contributed by atoms with Crippen molar-refractivity contribution in [3.8, 4) is 139 Å². The van der Waals surface area contributed by atoms with E-state index in [9.17, 15) is 0 Å². The van der Waals surface area contributed by atoms with Crippen molar-refractivity contribution in [2.24, 2.45) is 0 Å². The van der Waals surface area contributed by atoms with Gasteiger partial charge in [-0.1, -0.05) is 400 Å². The zero-order valence-corrected chi connectivity index (χ0v) is 64.8. The fraction of sp³-hybridized carbons (Fsp3) is 0. The number of anilines is 6. The topological polar surface area (TPSA) is 11.4 Å². The van der Waals surface area contributed by atoms with Gasteiger partial charge in [-0.25, -0.2) is 0 Å². The van der Waals surface area contributed by atoms with Crippen LogP contribution in [0.2, 0.25) is 0 Å². The Morgan fingerprint density at radius 2 is 0.407 bits per heavy atom. The molecule has 1 aromatic heterocycles. The van der Waals surface area contributed by atoms with E-state index in [1.807, 2.05) is 0 Å². The molecule has 3 heterocycles. The fourth-order valence-electron chi connectivity index (χ4n) is 18.8. The summed E-state index contributed by atoms with van der Waals surface area (Å²) in [4.78, 5) is 5.42. The van der Waals surface area contributed by atoms with Gasteiger partial charge in [-0.3, -0.25) is 0 Å². The maximum atomic E-state index is 2.71. The summed E-state index contributed by atoms with van der Waals surface area (Å²) in [5.74, 6) is 0. The zero-order valence-electron chi connectivity index (χ0n) is 64.8. The summed E-state index contributed by atoms with van der Waals surface area (Å²) in [5, 5.41) is 2.37. The van der Waals surface area contributed by atoms with Crippen LogP contribution in [-0.2, 0) is 0 Å². The second kappa shape index (κ2) is 29.6. The van der Waals surface area contributed by atoms with Gasteiger partial charge in [-0.15, -0.1) is 0 Å². The molecule has 2 aliphatic heterocycles. The van der Waals surface area contributed by atoms with Gasteiger partial charge in [0.05, 0.1) is 28.1 Å². The number of para-hydroxylation sites is 4. The van der Waals surface area contributed by atoms with Crippen LogP contribution in [0.3, 0.4) is 0 Å². The van der Waals surface area contributed by atoms with E-state index in [2.05, 4.69) is 475 Å². The van der Waals surface area contributed by atoms with Gasteiger partial charge in [0.15, 0.2) is 0 Å². The van der Waals surface area contributed by atoms with Gasteiger partial charge < -0.3 is 14.4 Å². The van der Waals surface area contributed by atoms with Crippen LogP contribution < -0.4 is 26.2 Å². The van der Waals surface area contributed by atoms with E-state index in [0.29, 0.717) is 0 Å². The number of hydrogen-bond acceptors (Lipinski definition) is 2. The monoisotopic (exact) mass is 1500 g/mol. The molecule has 0 saturated heterocycles. The number of hydrogen-bond donors (Lipinski definition) is 0. The first-order chi connectivity index (χ1) is 58.6. The number of benzene rings is 19. The molecule has 0 fully saturated rings. The minimum absolute atomic E-state index is 0.376. The van der Waals surface area contributed by atoms with Gasteiger partial charge in [-0.05, 0) is 188 Å². The van der Waals surface area contributed by atoms with Gasteiger partial charge in [0.25, 0.3) is 6.71 Å². The van der Waals surface area contributed by atoms with Crippen LogP contribution in [0.1, 0.15) is 0 Å². The molecular formula is C114H76BN3. The molecule has 0 saturated carbocycles. The Morgan fingerprint density at radius 1 is 0.161 bits per heavy atom. The Morgan fingerprint density at radius 3 is 0.737 bits per heavy atom. The third kappa shape index (κ3) is 12.2. The molecule has 0 aliphatic carbocycles.